The number of amides is 2. The number of aliphatic carboxylic acids is 1. The molecule has 0 bridgehead atoms. The number of carboxylic acids is 1. The van der Waals surface area contributed by atoms with Gasteiger partial charge < -0.3 is 19.9 Å². The molecule has 2 aliphatic rings. The van der Waals surface area contributed by atoms with Gasteiger partial charge in [0.1, 0.15) is 12.6 Å². The van der Waals surface area contributed by atoms with Crippen molar-refractivity contribution >= 4 is 23.9 Å². The lowest BCUT2D eigenvalue weighted by molar-refractivity contribution is -0.145. The highest BCUT2D eigenvalue weighted by molar-refractivity contribution is 5.84. The largest absolute Gasteiger partial charge is 0.481 e. The van der Waals surface area contributed by atoms with Gasteiger partial charge in [0.05, 0.1) is 13.5 Å². The Morgan fingerprint density at radius 3 is 2.21 bits per heavy atom. The zero-order valence-corrected chi connectivity index (χ0v) is 18.7. The van der Waals surface area contributed by atoms with E-state index >= 15 is 0 Å². The minimum Gasteiger partial charge on any atom is -0.481 e. The van der Waals surface area contributed by atoms with Crippen LogP contribution in [-0.2, 0) is 23.9 Å². The summed E-state index contributed by atoms with van der Waals surface area (Å²) in [5.74, 6) is -2.25. The maximum atomic E-state index is 13.0. The molecule has 9 heteroatoms. The fraction of sp³-hybridized carbons (Fsp3) is 0.360. The Kier molecular flexibility index (Phi) is 6.81. The Labute approximate surface area is 196 Å². The molecular formula is C25H26N2O7. The first-order valence-corrected chi connectivity index (χ1v) is 11.1. The molecule has 0 unspecified atom stereocenters. The summed E-state index contributed by atoms with van der Waals surface area (Å²) in [6.45, 7) is 0.169. The zero-order valence-electron chi connectivity index (χ0n) is 18.7. The van der Waals surface area contributed by atoms with Crippen molar-refractivity contribution in [3.63, 3.8) is 0 Å². The van der Waals surface area contributed by atoms with Crippen LogP contribution in [0.2, 0.25) is 0 Å². The number of carboxylic acid groups (broad SMARTS) is 1. The second kappa shape index (κ2) is 9.94. The van der Waals surface area contributed by atoms with E-state index < -0.39 is 36.0 Å². The van der Waals surface area contributed by atoms with Crippen molar-refractivity contribution in [1.29, 1.82) is 0 Å². The zero-order chi connectivity index (χ0) is 24.2. The quantitative estimate of drug-likeness (QED) is 0.601. The van der Waals surface area contributed by atoms with Crippen molar-refractivity contribution in [2.75, 3.05) is 20.3 Å². The van der Waals surface area contributed by atoms with Gasteiger partial charge in [-0.1, -0.05) is 48.5 Å². The molecule has 2 amide bonds. The summed E-state index contributed by atoms with van der Waals surface area (Å²) in [4.78, 5) is 49.3. The topological polar surface area (TPSA) is 122 Å². The van der Waals surface area contributed by atoms with Gasteiger partial charge >= 0.3 is 18.0 Å². The number of hydrogen-bond acceptors (Lipinski definition) is 6. The maximum Gasteiger partial charge on any atom is 0.410 e. The lowest BCUT2D eigenvalue weighted by Crippen LogP contribution is -2.42. The van der Waals surface area contributed by atoms with E-state index in [0.29, 0.717) is 0 Å². The highest BCUT2D eigenvalue weighted by Crippen LogP contribution is 2.44. The number of carbonyl (C=O) groups excluding carboxylic acids is 3. The van der Waals surface area contributed by atoms with Crippen LogP contribution in [0.4, 0.5) is 4.79 Å². The van der Waals surface area contributed by atoms with Crippen molar-refractivity contribution in [1.82, 2.24) is 10.2 Å². The molecule has 4 rings (SSSR count). The van der Waals surface area contributed by atoms with Crippen LogP contribution in [0.5, 0.6) is 0 Å². The van der Waals surface area contributed by atoms with Gasteiger partial charge in [-0.2, -0.15) is 0 Å². The average Bonchev–Trinajstić information content (AvgIpc) is 3.40. The minimum atomic E-state index is -1.07. The second-order valence-corrected chi connectivity index (χ2v) is 8.39. The summed E-state index contributed by atoms with van der Waals surface area (Å²) >= 11 is 0. The molecule has 2 aromatic carbocycles. The van der Waals surface area contributed by atoms with Crippen LogP contribution in [0, 0.1) is 0 Å². The van der Waals surface area contributed by atoms with Crippen LogP contribution in [0.3, 0.4) is 0 Å². The summed E-state index contributed by atoms with van der Waals surface area (Å²) in [7, 11) is 1.23. The number of carbonyl (C=O) groups is 4. The molecule has 9 nitrogen and oxygen atoms in total. The molecule has 1 aliphatic carbocycles. The van der Waals surface area contributed by atoms with E-state index in [9.17, 15) is 19.2 Å². The molecular weight excluding hydrogens is 440 g/mol. The molecule has 1 saturated heterocycles. The number of benzene rings is 2. The fourth-order valence-corrected chi connectivity index (χ4v) is 4.70. The molecule has 1 aliphatic heterocycles. The predicted molar refractivity (Wildman–Crippen MR) is 121 cm³/mol. The Balaban J connectivity index is 1.43. The normalized spacial score (nSPS) is 18.7. The van der Waals surface area contributed by atoms with Gasteiger partial charge in [0, 0.05) is 31.3 Å². The second-order valence-electron chi connectivity index (χ2n) is 8.39. The van der Waals surface area contributed by atoms with Gasteiger partial charge in [0.15, 0.2) is 0 Å². The average molecular weight is 466 g/mol. The van der Waals surface area contributed by atoms with Gasteiger partial charge in [0.25, 0.3) is 0 Å². The van der Waals surface area contributed by atoms with Crippen molar-refractivity contribution in [3.8, 4) is 11.1 Å². The third-order valence-corrected chi connectivity index (χ3v) is 6.28. The van der Waals surface area contributed by atoms with Crippen LogP contribution in [-0.4, -0.2) is 66.3 Å². The Hall–Kier alpha value is -3.88. The van der Waals surface area contributed by atoms with Crippen LogP contribution in [0.1, 0.15) is 36.3 Å². The van der Waals surface area contributed by atoms with Gasteiger partial charge in [-0.15, -0.1) is 0 Å². The first-order chi connectivity index (χ1) is 16.4. The number of fused-ring (bicyclic) bond motifs is 3. The highest BCUT2D eigenvalue weighted by atomic mass is 16.6. The molecule has 2 aromatic rings. The van der Waals surface area contributed by atoms with Crippen molar-refractivity contribution < 1.29 is 33.8 Å². The molecule has 0 radical (unpaired) electrons. The van der Waals surface area contributed by atoms with E-state index in [1.165, 1.54) is 12.0 Å². The molecule has 178 valence electrons. The summed E-state index contributed by atoms with van der Waals surface area (Å²) in [6, 6.07) is 14.6. The summed E-state index contributed by atoms with van der Waals surface area (Å²) < 4.78 is 10.5. The van der Waals surface area contributed by atoms with E-state index in [4.69, 9.17) is 14.6 Å². The van der Waals surface area contributed by atoms with Crippen molar-refractivity contribution in [3.05, 3.63) is 59.7 Å². The third kappa shape index (κ3) is 4.73. The van der Waals surface area contributed by atoms with E-state index in [0.717, 1.165) is 22.3 Å². The number of likely N-dealkylation sites (tertiary alicyclic amines) is 1. The molecule has 34 heavy (non-hydrogen) atoms. The lowest BCUT2D eigenvalue weighted by atomic mass is 9.98. The maximum absolute atomic E-state index is 13.0. The Morgan fingerprint density at radius 2 is 1.62 bits per heavy atom. The number of nitrogens with zero attached hydrogens (tertiary/aromatic N) is 1. The van der Waals surface area contributed by atoms with Crippen molar-refractivity contribution in [2.45, 2.75) is 37.3 Å². The first-order valence-electron chi connectivity index (χ1n) is 11.1. The molecule has 1 fully saturated rings. The Bertz CT molecular complexity index is 1070. The monoisotopic (exact) mass is 466 g/mol. The molecule has 0 spiro atoms. The molecule has 1 heterocycles. The molecule has 0 saturated carbocycles. The van der Waals surface area contributed by atoms with Crippen LogP contribution >= 0.6 is 0 Å². The number of esters is 1. The summed E-state index contributed by atoms with van der Waals surface area (Å²) in [5, 5.41) is 11.4. The number of methoxy groups -OCH3 is 1. The molecule has 2 atom stereocenters. The smallest absolute Gasteiger partial charge is 0.410 e. The van der Waals surface area contributed by atoms with Gasteiger partial charge in [-0.25, -0.2) is 9.59 Å². The van der Waals surface area contributed by atoms with E-state index in [1.54, 1.807) is 0 Å². The van der Waals surface area contributed by atoms with Gasteiger partial charge in [-0.3, -0.25) is 14.5 Å². The number of nitrogens with one attached hydrogen (secondary N) is 1. The number of ether oxygens (including phenoxy) is 2. The highest BCUT2D eigenvalue weighted by Gasteiger charge is 2.42. The summed E-state index contributed by atoms with van der Waals surface area (Å²) in [6.07, 6.45) is -0.982. The predicted octanol–water partition coefficient (Wildman–Crippen LogP) is 2.53. The van der Waals surface area contributed by atoms with Gasteiger partial charge in [-0.05, 0) is 22.3 Å². The lowest BCUT2D eigenvalue weighted by Gasteiger charge is -2.23. The van der Waals surface area contributed by atoms with Crippen LogP contribution in [0.15, 0.2) is 48.5 Å². The van der Waals surface area contributed by atoms with E-state index in [1.807, 2.05) is 48.5 Å². The standard InChI is InChI=1S/C25H26N2O7/c1-33-24(31)21-12-15(26-22(28)10-11-23(29)30)13-27(21)25(32)34-14-20-18-8-4-2-6-16(18)17-7-3-5-9-19(17)20/h2-9,15,20-21H,10-14H2,1H3,(H,26,28)(H,29,30)/t15-,21+/m1/s1. The number of hydrogen-bond donors (Lipinski definition) is 2. The fourth-order valence-electron chi connectivity index (χ4n) is 4.70. The van der Waals surface area contributed by atoms with Crippen molar-refractivity contribution in [2.24, 2.45) is 0 Å². The third-order valence-electron chi connectivity index (χ3n) is 6.28. The first kappa shape index (κ1) is 23.3. The van der Waals surface area contributed by atoms with Crippen LogP contribution in [0.25, 0.3) is 11.1 Å². The minimum absolute atomic E-state index is 0.0647. The Morgan fingerprint density at radius 1 is 1.00 bits per heavy atom. The number of rotatable bonds is 7. The van der Waals surface area contributed by atoms with Crippen LogP contribution < -0.4 is 5.32 Å². The molecule has 0 aromatic heterocycles. The SMILES string of the molecule is COC(=O)[C@@H]1C[C@@H](NC(=O)CCC(=O)O)CN1C(=O)OCC1c2ccccc2-c2ccccc21. The van der Waals surface area contributed by atoms with E-state index in [2.05, 4.69) is 5.32 Å². The summed E-state index contributed by atoms with van der Waals surface area (Å²) in [5.41, 5.74) is 4.37. The van der Waals surface area contributed by atoms with E-state index in [-0.39, 0.29) is 38.3 Å². The molecule has 2 N–H and O–H groups in total. The van der Waals surface area contributed by atoms with Gasteiger partial charge in [0.2, 0.25) is 5.91 Å².